The Morgan fingerprint density at radius 1 is 0.250 bits per heavy atom. The van der Waals surface area contributed by atoms with Crippen LogP contribution in [0.4, 0.5) is 17.1 Å². The van der Waals surface area contributed by atoms with Crippen LogP contribution in [0.15, 0.2) is 253 Å². The van der Waals surface area contributed by atoms with Crippen LogP contribution in [0.5, 0.6) is 0 Å². The molecule has 0 spiro atoms. The Morgan fingerprint density at radius 3 is 1.64 bits per heavy atom. The number of furan rings is 1. The van der Waals surface area contributed by atoms with Crippen molar-refractivity contribution in [2.45, 2.75) is 0 Å². The van der Waals surface area contributed by atoms with E-state index in [0.717, 1.165) is 72.4 Å². The van der Waals surface area contributed by atoms with Crippen LogP contribution in [0, 0.1) is 0 Å². The predicted octanol–water partition coefficient (Wildman–Crippen LogP) is 17.7. The molecule has 0 atom stereocenters. The van der Waals surface area contributed by atoms with Crippen LogP contribution in [0.1, 0.15) is 0 Å². The van der Waals surface area contributed by atoms with Gasteiger partial charge in [-0.2, -0.15) is 0 Å². The summed E-state index contributed by atoms with van der Waals surface area (Å²) in [7, 11) is 0. The van der Waals surface area contributed by atoms with Crippen LogP contribution in [0.3, 0.4) is 0 Å². The number of nitrogens with zero attached hydrogens (tertiary/aromatic N) is 1. The van der Waals surface area contributed by atoms with E-state index in [0.29, 0.717) is 0 Å². The van der Waals surface area contributed by atoms with Gasteiger partial charge in [0.05, 0.1) is 5.69 Å². The monoisotopic (exact) mass is 815 g/mol. The van der Waals surface area contributed by atoms with Crippen molar-refractivity contribution >= 4 is 60.5 Å². The second-order valence-electron chi connectivity index (χ2n) is 16.5. The average molecular weight is 816 g/mol. The first-order chi connectivity index (χ1) is 31.7. The van der Waals surface area contributed by atoms with E-state index >= 15 is 0 Å². The van der Waals surface area contributed by atoms with Crippen molar-refractivity contribution in [3.05, 3.63) is 249 Å². The highest BCUT2D eigenvalue weighted by Crippen LogP contribution is 2.45. The van der Waals surface area contributed by atoms with Crippen LogP contribution in [-0.2, 0) is 0 Å². The van der Waals surface area contributed by atoms with Gasteiger partial charge in [-0.15, -0.1) is 0 Å². The Morgan fingerprint density at radius 2 is 0.797 bits per heavy atom. The number of rotatable bonds is 8. The largest absolute Gasteiger partial charge is 0.456 e. The Labute approximate surface area is 372 Å². The molecule has 0 aliphatic rings. The molecule has 2 nitrogen and oxygen atoms in total. The van der Waals surface area contributed by atoms with Crippen molar-refractivity contribution in [2.24, 2.45) is 0 Å². The maximum absolute atomic E-state index is 6.22. The summed E-state index contributed by atoms with van der Waals surface area (Å²) in [5.74, 6) is 0. The van der Waals surface area contributed by atoms with Gasteiger partial charge in [-0.3, -0.25) is 0 Å². The molecule has 0 saturated carbocycles. The van der Waals surface area contributed by atoms with Crippen molar-refractivity contribution in [3.63, 3.8) is 0 Å². The van der Waals surface area contributed by atoms with Gasteiger partial charge in [0.2, 0.25) is 0 Å². The van der Waals surface area contributed by atoms with Crippen molar-refractivity contribution in [3.8, 4) is 55.6 Å². The minimum atomic E-state index is 0.893. The molecule has 0 aliphatic heterocycles. The van der Waals surface area contributed by atoms with Crippen LogP contribution >= 0.6 is 0 Å². The number of fused-ring (bicyclic) bond motifs is 5. The second kappa shape index (κ2) is 15.8. The van der Waals surface area contributed by atoms with E-state index in [-0.39, 0.29) is 0 Å². The molecule has 11 aromatic carbocycles. The lowest BCUT2D eigenvalue weighted by Crippen LogP contribution is -2.11. The van der Waals surface area contributed by atoms with E-state index in [2.05, 4.69) is 241 Å². The lowest BCUT2D eigenvalue weighted by atomic mass is 9.95. The highest BCUT2D eigenvalue weighted by molar-refractivity contribution is 6.06. The zero-order valence-corrected chi connectivity index (χ0v) is 35.0. The van der Waals surface area contributed by atoms with Crippen LogP contribution in [-0.4, -0.2) is 0 Å². The third-order valence-electron chi connectivity index (χ3n) is 12.7. The van der Waals surface area contributed by atoms with E-state index in [9.17, 15) is 0 Å². The van der Waals surface area contributed by atoms with Gasteiger partial charge in [0.15, 0.2) is 0 Å². The summed E-state index contributed by atoms with van der Waals surface area (Å²) in [5, 5.41) is 7.21. The third kappa shape index (κ3) is 6.79. The van der Waals surface area contributed by atoms with Crippen LogP contribution in [0.2, 0.25) is 0 Å². The van der Waals surface area contributed by atoms with Gasteiger partial charge in [0, 0.05) is 27.7 Å². The SMILES string of the molecule is c1ccc(-c2ccc(-c3ccc4ccccc4c3)cc2N(c2ccc(-c3ccc(-c4cccc5ccccc45)cc3)cc2)c2cccc(-c3ccc4oc5ccccc5c4c3)c2)cc1. The second-order valence-corrected chi connectivity index (χ2v) is 16.5. The molecule has 0 amide bonds. The number of benzene rings is 11. The first-order valence-electron chi connectivity index (χ1n) is 21.9. The first kappa shape index (κ1) is 37.3. The molecule has 1 heterocycles. The number of hydrogen-bond donors (Lipinski definition) is 0. The maximum atomic E-state index is 6.22. The highest BCUT2D eigenvalue weighted by Gasteiger charge is 2.20. The Hall–Kier alpha value is -8.46. The van der Waals surface area contributed by atoms with E-state index in [4.69, 9.17) is 4.42 Å². The van der Waals surface area contributed by atoms with Crippen LogP contribution < -0.4 is 4.90 Å². The van der Waals surface area contributed by atoms with E-state index < -0.39 is 0 Å². The fraction of sp³-hybridized carbons (Fsp3) is 0. The Balaban J connectivity index is 0.999. The van der Waals surface area contributed by atoms with Gasteiger partial charge in [0.25, 0.3) is 0 Å². The molecule has 0 saturated heterocycles. The molecule has 0 fully saturated rings. The summed E-state index contributed by atoms with van der Waals surface area (Å²) in [6, 6.07) is 89.9. The molecule has 0 bridgehead atoms. The standard InChI is InChI=1S/C62H41NO/c1-2-13-46(14-3-1)57-36-32-52(50-29-26-42-12-4-5-16-48(42)38-50)41-60(57)63(54-19-10-18-49(39-54)51-33-37-62-59(40-51)58-21-8-9-23-61(58)64-62)53-34-30-44(31-35-53)43-24-27-47(28-25-43)56-22-11-17-45-15-6-7-20-55(45)56/h1-41H. The van der Waals surface area contributed by atoms with Gasteiger partial charge in [-0.25, -0.2) is 0 Å². The molecule has 12 aromatic rings. The van der Waals surface area contributed by atoms with E-state index in [1.807, 2.05) is 12.1 Å². The Kier molecular flexibility index (Phi) is 9.20. The van der Waals surface area contributed by atoms with Crippen molar-refractivity contribution in [2.75, 3.05) is 4.90 Å². The molecule has 0 aliphatic carbocycles. The van der Waals surface area contributed by atoms with Crippen LogP contribution in [0.25, 0.3) is 99.1 Å². The topological polar surface area (TPSA) is 16.4 Å². The summed E-state index contributed by atoms with van der Waals surface area (Å²) in [6.07, 6.45) is 0. The number of para-hydroxylation sites is 1. The summed E-state index contributed by atoms with van der Waals surface area (Å²) in [4.78, 5) is 2.43. The summed E-state index contributed by atoms with van der Waals surface area (Å²) in [5.41, 5.74) is 16.7. The molecular weight excluding hydrogens is 775 g/mol. The zero-order chi connectivity index (χ0) is 42.4. The molecule has 1 aromatic heterocycles. The molecular formula is C62H41NO. The average Bonchev–Trinajstić information content (AvgIpc) is 3.75. The summed E-state index contributed by atoms with van der Waals surface area (Å²) >= 11 is 0. The third-order valence-corrected chi connectivity index (χ3v) is 12.7. The lowest BCUT2D eigenvalue weighted by Gasteiger charge is -2.29. The molecule has 300 valence electrons. The molecule has 0 N–H and O–H groups in total. The minimum Gasteiger partial charge on any atom is -0.456 e. The normalized spacial score (nSPS) is 11.4. The predicted molar refractivity (Wildman–Crippen MR) is 271 cm³/mol. The molecule has 0 unspecified atom stereocenters. The lowest BCUT2D eigenvalue weighted by molar-refractivity contribution is 0.669. The molecule has 64 heavy (non-hydrogen) atoms. The van der Waals surface area contributed by atoms with Gasteiger partial charge >= 0.3 is 0 Å². The smallest absolute Gasteiger partial charge is 0.135 e. The number of anilines is 3. The Bertz CT molecular complexity index is 3650. The summed E-state index contributed by atoms with van der Waals surface area (Å²) < 4.78 is 6.22. The van der Waals surface area contributed by atoms with Crippen molar-refractivity contribution < 1.29 is 4.42 Å². The highest BCUT2D eigenvalue weighted by atomic mass is 16.3. The van der Waals surface area contributed by atoms with Gasteiger partial charge in [0.1, 0.15) is 11.2 Å². The maximum Gasteiger partial charge on any atom is 0.135 e. The fourth-order valence-electron chi connectivity index (χ4n) is 9.41. The van der Waals surface area contributed by atoms with Crippen molar-refractivity contribution in [1.82, 2.24) is 0 Å². The molecule has 12 rings (SSSR count). The first-order valence-corrected chi connectivity index (χ1v) is 21.9. The zero-order valence-electron chi connectivity index (χ0n) is 35.0. The quantitative estimate of drug-likeness (QED) is 0.152. The number of hydrogen-bond acceptors (Lipinski definition) is 2. The van der Waals surface area contributed by atoms with Gasteiger partial charge < -0.3 is 9.32 Å². The van der Waals surface area contributed by atoms with E-state index in [1.54, 1.807) is 0 Å². The van der Waals surface area contributed by atoms with Gasteiger partial charge in [-0.05, 0) is 126 Å². The minimum absolute atomic E-state index is 0.893. The van der Waals surface area contributed by atoms with E-state index in [1.165, 1.54) is 43.8 Å². The van der Waals surface area contributed by atoms with Gasteiger partial charge in [-0.1, -0.05) is 194 Å². The molecule has 0 radical (unpaired) electrons. The summed E-state index contributed by atoms with van der Waals surface area (Å²) in [6.45, 7) is 0. The molecule has 2 heteroatoms. The fourth-order valence-corrected chi connectivity index (χ4v) is 9.41. The van der Waals surface area contributed by atoms with Crippen molar-refractivity contribution in [1.29, 1.82) is 0 Å².